The summed E-state index contributed by atoms with van der Waals surface area (Å²) in [5, 5.41) is 4.65. The topological polar surface area (TPSA) is 35.4 Å². The molecule has 1 aromatic heterocycles. The summed E-state index contributed by atoms with van der Waals surface area (Å²) >= 11 is 0. The van der Waals surface area contributed by atoms with Gasteiger partial charge in [0.25, 0.3) is 0 Å². The summed E-state index contributed by atoms with van der Waals surface area (Å²) in [6.07, 6.45) is 3.09. The zero-order chi connectivity index (χ0) is 14.9. The highest BCUT2D eigenvalue weighted by atomic mass is 16.5. The van der Waals surface area contributed by atoms with Gasteiger partial charge in [0, 0.05) is 45.1 Å². The van der Waals surface area contributed by atoms with Crippen molar-refractivity contribution in [2.75, 3.05) is 33.5 Å². The van der Waals surface area contributed by atoms with Crippen molar-refractivity contribution in [2.45, 2.75) is 26.4 Å². The van der Waals surface area contributed by atoms with E-state index in [1.54, 1.807) is 7.11 Å². The first-order valence-electron chi connectivity index (χ1n) is 7.70. The molecule has 0 bridgehead atoms. The number of hydrogen-bond donors (Lipinski definition) is 1. The number of aromatic nitrogens is 1. The van der Waals surface area contributed by atoms with Gasteiger partial charge in [-0.15, -0.1) is 0 Å². The SMILES string of the molecule is CCNCc1ccc2ccn(CCOCCCOC)c2c1. The standard InChI is InChI=1S/C17H26N2O2/c1-3-18-14-15-5-6-16-7-8-19(17(16)13-15)9-12-21-11-4-10-20-2/h5-8,13,18H,3-4,9-12,14H2,1-2H3. The molecule has 0 aliphatic rings. The predicted molar refractivity (Wildman–Crippen MR) is 86.6 cm³/mol. The molecule has 0 spiro atoms. The van der Waals surface area contributed by atoms with Crippen LogP contribution in [0.1, 0.15) is 18.9 Å². The molecule has 116 valence electrons. The van der Waals surface area contributed by atoms with Gasteiger partial charge in [0.2, 0.25) is 0 Å². The highest BCUT2D eigenvalue weighted by Crippen LogP contribution is 2.17. The summed E-state index contributed by atoms with van der Waals surface area (Å²) in [5.74, 6) is 0. The number of hydrogen-bond acceptors (Lipinski definition) is 3. The van der Waals surface area contributed by atoms with E-state index in [0.717, 1.165) is 45.9 Å². The third kappa shape index (κ3) is 4.84. The quantitative estimate of drug-likeness (QED) is 0.683. The summed E-state index contributed by atoms with van der Waals surface area (Å²) in [5.41, 5.74) is 2.61. The highest BCUT2D eigenvalue weighted by molar-refractivity contribution is 5.80. The Morgan fingerprint density at radius 3 is 2.86 bits per heavy atom. The van der Waals surface area contributed by atoms with Gasteiger partial charge in [0.1, 0.15) is 0 Å². The van der Waals surface area contributed by atoms with Gasteiger partial charge in [-0.2, -0.15) is 0 Å². The lowest BCUT2D eigenvalue weighted by Gasteiger charge is -2.08. The van der Waals surface area contributed by atoms with Crippen LogP contribution in [0.25, 0.3) is 10.9 Å². The maximum Gasteiger partial charge on any atom is 0.0645 e. The molecule has 21 heavy (non-hydrogen) atoms. The lowest BCUT2D eigenvalue weighted by atomic mass is 10.1. The highest BCUT2D eigenvalue weighted by Gasteiger charge is 2.02. The zero-order valence-corrected chi connectivity index (χ0v) is 13.1. The number of nitrogens with one attached hydrogen (secondary N) is 1. The molecule has 0 aliphatic carbocycles. The second-order valence-electron chi connectivity index (χ2n) is 5.14. The fraction of sp³-hybridized carbons (Fsp3) is 0.529. The van der Waals surface area contributed by atoms with Crippen molar-refractivity contribution < 1.29 is 9.47 Å². The normalized spacial score (nSPS) is 11.3. The molecular weight excluding hydrogens is 264 g/mol. The summed E-state index contributed by atoms with van der Waals surface area (Å²) in [6.45, 7) is 7.20. The Morgan fingerprint density at radius 2 is 2.05 bits per heavy atom. The average molecular weight is 290 g/mol. The van der Waals surface area contributed by atoms with Gasteiger partial charge >= 0.3 is 0 Å². The molecule has 4 nitrogen and oxygen atoms in total. The smallest absolute Gasteiger partial charge is 0.0645 e. The van der Waals surface area contributed by atoms with Crippen molar-refractivity contribution >= 4 is 10.9 Å². The molecule has 4 heteroatoms. The number of nitrogens with zero attached hydrogens (tertiary/aromatic N) is 1. The second kappa shape index (κ2) is 8.82. The van der Waals surface area contributed by atoms with Crippen LogP contribution in [-0.2, 0) is 22.6 Å². The Kier molecular flexibility index (Phi) is 6.73. The Hall–Kier alpha value is -1.36. The first-order valence-corrected chi connectivity index (χ1v) is 7.70. The first kappa shape index (κ1) is 16.0. The van der Waals surface area contributed by atoms with E-state index in [-0.39, 0.29) is 0 Å². The van der Waals surface area contributed by atoms with Crippen LogP contribution in [0.5, 0.6) is 0 Å². The van der Waals surface area contributed by atoms with Crippen molar-refractivity contribution in [2.24, 2.45) is 0 Å². The number of fused-ring (bicyclic) bond motifs is 1. The van der Waals surface area contributed by atoms with Gasteiger partial charge in [-0.1, -0.05) is 19.1 Å². The van der Waals surface area contributed by atoms with Crippen LogP contribution in [0.15, 0.2) is 30.5 Å². The number of ether oxygens (including phenoxy) is 2. The van der Waals surface area contributed by atoms with E-state index >= 15 is 0 Å². The van der Waals surface area contributed by atoms with Crippen LogP contribution in [-0.4, -0.2) is 38.0 Å². The van der Waals surface area contributed by atoms with E-state index in [1.807, 2.05) is 0 Å². The van der Waals surface area contributed by atoms with Crippen molar-refractivity contribution in [1.82, 2.24) is 9.88 Å². The molecule has 1 N–H and O–H groups in total. The molecule has 2 rings (SSSR count). The first-order chi connectivity index (χ1) is 10.3. The van der Waals surface area contributed by atoms with E-state index in [9.17, 15) is 0 Å². The van der Waals surface area contributed by atoms with Crippen LogP contribution in [0.4, 0.5) is 0 Å². The Morgan fingerprint density at radius 1 is 1.14 bits per heavy atom. The number of rotatable bonds is 10. The van der Waals surface area contributed by atoms with Crippen LogP contribution in [0.2, 0.25) is 0 Å². The van der Waals surface area contributed by atoms with Gasteiger partial charge in [0.05, 0.1) is 6.61 Å². The van der Waals surface area contributed by atoms with Crippen LogP contribution in [0.3, 0.4) is 0 Å². The number of methoxy groups -OCH3 is 1. The maximum absolute atomic E-state index is 5.64. The number of benzene rings is 1. The van der Waals surface area contributed by atoms with Gasteiger partial charge in [-0.25, -0.2) is 0 Å². The molecule has 0 fully saturated rings. The van der Waals surface area contributed by atoms with E-state index in [1.165, 1.54) is 16.5 Å². The second-order valence-corrected chi connectivity index (χ2v) is 5.14. The minimum absolute atomic E-state index is 0.741. The third-order valence-corrected chi connectivity index (χ3v) is 3.53. The predicted octanol–water partition coefficient (Wildman–Crippen LogP) is 2.80. The summed E-state index contributed by atoms with van der Waals surface area (Å²) in [4.78, 5) is 0. The molecular formula is C17H26N2O2. The Labute approximate surface area is 127 Å². The average Bonchev–Trinajstić information content (AvgIpc) is 2.91. The molecule has 0 radical (unpaired) electrons. The van der Waals surface area contributed by atoms with E-state index in [0.29, 0.717) is 0 Å². The molecule has 0 aliphatic heterocycles. The maximum atomic E-state index is 5.64. The summed E-state index contributed by atoms with van der Waals surface area (Å²) in [6, 6.07) is 8.81. The molecule has 2 aromatic rings. The molecule has 1 heterocycles. The molecule has 0 saturated carbocycles. The van der Waals surface area contributed by atoms with Crippen molar-refractivity contribution in [3.05, 3.63) is 36.0 Å². The molecule has 0 saturated heterocycles. The van der Waals surface area contributed by atoms with E-state index in [4.69, 9.17) is 9.47 Å². The Bertz CT molecular complexity index is 537. The molecule has 0 atom stereocenters. The van der Waals surface area contributed by atoms with Crippen LogP contribution >= 0.6 is 0 Å². The lowest BCUT2D eigenvalue weighted by Crippen LogP contribution is -2.11. The van der Waals surface area contributed by atoms with Crippen LogP contribution in [0, 0.1) is 0 Å². The van der Waals surface area contributed by atoms with Crippen LogP contribution < -0.4 is 5.32 Å². The minimum Gasteiger partial charge on any atom is -0.385 e. The van der Waals surface area contributed by atoms with Gasteiger partial charge in [0.15, 0.2) is 0 Å². The van der Waals surface area contributed by atoms with Crippen molar-refractivity contribution in [3.63, 3.8) is 0 Å². The summed E-state index contributed by atoms with van der Waals surface area (Å²) in [7, 11) is 1.72. The van der Waals surface area contributed by atoms with Gasteiger partial charge < -0.3 is 19.4 Å². The van der Waals surface area contributed by atoms with Crippen molar-refractivity contribution in [3.8, 4) is 0 Å². The molecule has 1 aromatic carbocycles. The fourth-order valence-electron chi connectivity index (χ4n) is 2.37. The lowest BCUT2D eigenvalue weighted by molar-refractivity contribution is 0.0982. The zero-order valence-electron chi connectivity index (χ0n) is 13.1. The third-order valence-electron chi connectivity index (χ3n) is 3.53. The molecule has 0 unspecified atom stereocenters. The molecule has 0 amide bonds. The Balaban J connectivity index is 1.90. The fourth-order valence-corrected chi connectivity index (χ4v) is 2.37. The largest absolute Gasteiger partial charge is 0.385 e. The van der Waals surface area contributed by atoms with Gasteiger partial charge in [-0.05, 0) is 36.0 Å². The summed E-state index contributed by atoms with van der Waals surface area (Å²) < 4.78 is 12.9. The minimum atomic E-state index is 0.741. The van der Waals surface area contributed by atoms with Crippen molar-refractivity contribution in [1.29, 1.82) is 0 Å². The van der Waals surface area contributed by atoms with E-state index in [2.05, 4.69) is 47.3 Å². The van der Waals surface area contributed by atoms with E-state index < -0.39 is 0 Å². The van der Waals surface area contributed by atoms with Gasteiger partial charge in [-0.3, -0.25) is 0 Å². The monoisotopic (exact) mass is 290 g/mol.